The lowest BCUT2D eigenvalue weighted by Crippen LogP contribution is -2.16. The summed E-state index contributed by atoms with van der Waals surface area (Å²) in [6, 6.07) is 9.16. The van der Waals surface area contributed by atoms with Crippen molar-refractivity contribution in [1.82, 2.24) is 0 Å². The molecule has 0 amide bonds. The second-order valence-corrected chi connectivity index (χ2v) is 6.13. The highest BCUT2D eigenvalue weighted by Gasteiger charge is 2.23. The summed E-state index contributed by atoms with van der Waals surface area (Å²) in [6.45, 7) is -3.56. The van der Waals surface area contributed by atoms with E-state index in [9.17, 15) is 13.2 Å². The summed E-state index contributed by atoms with van der Waals surface area (Å²) in [5, 5.41) is 3.60. The third-order valence-corrected chi connectivity index (χ3v) is 3.86. The first-order chi connectivity index (χ1) is 15.6. The first-order valence-electron chi connectivity index (χ1n) is 11.2. The van der Waals surface area contributed by atoms with E-state index in [-0.39, 0.29) is 5.75 Å². The molecular weight excluding hydrogens is 344 g/mol. The van der Waals surface area contributed by atoms with Crippen LogP contribution in [-0.2, 0) is 10.0 Å². The van der Waals surface area contributed by atoms with Crippen molar-refractivity contribution < 1.29 is 34.1 Å². The van der Waals surface area contributed by atoms with E-state index in [1.54, 1.807) is 18.2 Å². The van der Waals surface area contributed by atoms with Gasteiger partial charge < -0.3 is 15.2 Å². The summed E-state index contributed by atoms with van der Waals surface area (Å²) in [4.78, 5) is 11.1. The van der Waals surface area contributed by atoms with Crippen LogP contribution >= 0.6 is 0 Å². The van der Waals surface area contributed by atoms with Crippen LogP contribution in [0.4, 0.5) is 5.69 Å². The van der Waals surface area contributed by atoms with Crippen LogP contribution in [0.2, 0.25) is 4.24 Å². The number of anilines is 1. The maximum atomic E-state index is 12.7. The van der Waals surface area contributed by atoms with E-state index in [2.05, 4.69) is 5.11 Å². The van der Waals surface area contributed by atoms with Gasteiger partial charge in [0.15, 0.2) is 7.16 Å². The Labute approximate surface area is 159 Å². The van der Waals surface area contributed by atoms with Gasteiger partial charge in [-0.3, -0.25) is 0 Å². The van der Waals surface area contributed by atoms with Crippen molar-refractivity contribution in [2.45, 2.75) is 24.5 Å². The Balaban J connectivity index is 2.76. The third-order valence-electron chi connectivity index (χ3n) is 3.00. The van der Waals surface area contributed by atoms with E-state index in [1.807, 2.05) is 0 Å². The lowest BCUT2D eigenvalue weighted by Gasteiger charge is -2.17. The zero-order chi connectivity index (χ0) is 25.9. The second-order valence-electron chi connectivity index (χ2n) is 4.74. The number of carboxylic acids is 1. The molecule has 0 fully saturated rings. The number of rotatable bonds is 9. The van der Waals surface area contributed by atoms with Crippen LogP contribution in [-0.4, -0.2) is 26.0 Å². The predicted molar refractivity (Wildman–Crippen MR) is 94.7 cm³/mol. The first kappa shape index (κ1) is 9.79. The normalized spacial score (nSPS) is 17.4. The minimum atomic E-state index is -4.94. The molecule has 0 radical (unpaired) electrons. The molecule has 0 heterocycles. The zero-order valence-corrected chi connectivity index (χ0v) is 13.6. The number of para-hydroxylation sites is 1. The fourth-order valence-electron chi connectivity index (χ4n) is 1.92. The van der Waals surface area contributed by atoms with Crippen LogP contribution < -0.4 is 15.2 Å². The minimum absolute atomic E-state index is 0.0661. The Hall–Kier alpha value is -2.58. The Morgan fingerprint density at radius 3 is 2.96 bits per heavy atom. The van der Waals surface area contributed by atoms with E-state index in [0.29, 0.717) is 11.4 Å². The van der Waals surface area contributed by atoms with Crippen molar-refractivity contribution in [3.05, 3.63) is 48.0 Å². The Bertz CT molecular complexity index is 1130. The molecule has 0 bridgehead atoms. The maximum Gasteiger partial charge on any atom is 0.335 e. The number of hydrogen-bond donors (Lipinski definition) is 3. The van der Waals surface area contributed by atoms with E-state index >= 15 is 0 Å². The van der Waals surface area contributed by atoms with Crippen molar-refractivity contribution in [3.63, 3.8) is 0 Å². The van der Waals surface area contributed by atoms with Gasteiger partial charge in [-0.25, -0.2) is 18.3 Å². The average molecular weight is 373 g/mol. The smallest absolute Gasteiger partial charge is 0.335 e. The number of nitrogens with two attached hydrogens (primary N) is 1. The van der Waals surface area contributed by atoms with Crippen molar-refractivity contribution in [1.29, 1.82) is 1.43 Å². The Morgan fingerprint density at radius 1 is 1.48 bits per heavy atom. The summed E-state index contributed by atoms with van der Waals surface area (Å²) in [7, 11) is -4.94. The minimum Gasteiger partial charge on any atom is -0.478 e. The van der Waals surface area contributed by atoms with Gasteiger partial charge in [0, 0.05) is 13.4 Å². The molecule has 0 aliphatic rings. The van der Waals surface area contributed by atoms with E-state index in [0.717, 1.165) is 6.07 Å². The Kier molecular flexibility index (Phi) is 3.13. The van der Waals surface area contributed by atoms with Crippen LogP contribution in [0.15, 0.2) is 47.4 Å². The number of aromatic carboxylic acids is 1. The van der Waals surface area contributed by atoms with Gasteiger partial charge in [-0.2, -0.15) is 0 Å². The molecule has 8 heteroatoms. The van der Waals surface area contributed by atoms with Crippen LogP contribution in [0, 0.1) is 0 Å². The summed E-state index contributed by atoms with van der Waals surface area (Å²) < 4.78 is 98.4. The van der Waals surface area contributed by atoms with Gasteiger partial charge in [0.2, 0.25) is 10.0 Å². The summed E-state index contributed by atoms with van der Waals surface area (Å²) in [5.41, 5.74) is -1.08. The average Bonchev–Trinajstić information content (AvgIpc) is 2.71. The van der Waals surface area contributed by atoms with Gasteiger partial charge in [-0.15, -0.1) is 0 Å². The quantitative estimate of drug-likeness (QED) is 0.621. The standard InChI is InChI=1S/C17H20N2O5S/c1-2-3-9-19-14-10-12(17(20)21)11-15(25(18,22)23)16(14)24-13-7-5-4-6-8-13/h4-8,10-11,19H,2-3,9H2,1H3,(H,20,21)(H2,18,22,23)/i1D3,3D2/hD4. The first-order valence-corrected chi connectivity index (χ1v) is 8.39. The van der Waals surface area contributed by atoms with Gasteiger partial charge in [0.1, 0.15) is 13.5 Å². The summed E-state index contributed by atoms with van der Waals surface area (Å²) in [5.74, 6) is -1.90. The number of benzene rings is 2. The molecule has 2 rings (SSSR count). The fraction of sp³-hybridized carbons (Fsp3) is 0.235. The number of hydrogen-bond acceptors (Lipinski definition) is 6. The molecular formula is C17H20N2O5S. The SMILES string of the molecule is [2H]OC(=O)c1cc(N([2H])CC([2H])([2H])CC([2H])([2H])[2H])c(Oc2ccccc2)c(S(=O)(=O)N([2H])[2H])c1. The molecule has 0 saturated heterocycles. The van der Waals surface area contributed by atoms with Gasteiger partial charge in [0.25, 0.3) is 1.43 Å². The van der Waals surface area contributed by atoms with Crippen molar-refractivity contribution in [2.75, 3.05) is 11.9 Å². The molecule has 0 aromatic heterocycles. The topological polar surface area (TPSA) is 119 Å². The zero-order valence-electron chi connectivity index (χ0n) is 21.8. The van der Waals surface area contributed by atoms with Crippen molar-refractivity contribution in [2.24, 2.45) is 5.13 Å². The largest absolute Gasteiger partial charge is 0.478 e. The van der Waals surface area contributed by atoms with Crippen molar-refractivity contribution in [3.8, 4) is 11.5 Å². The highest BCUT2D eigenvalue weighted by molar-refractivity contribution is 7.89. The molecule has 0 saturated carbocycles. The molecule has 0 aliphatic carbocycles. The van der Waals surface area contributed by atoms with Crippen LogP contribution in [0.5, 0.6) is 11.5 Å². The van der Waals surface area contributed by atoms with Crippen LogP contribution in [0.25, 0.3) is 1.43 Å². The van der Waals surface area contributed by atoms with Gasteiger partial charge in [0.05, 0.1) is 11.3 Å². The number of primary sulfonamides is 1. The van der Waals surface area contributed by atoms with Gasteiger partial charge >= 0.3 is 5.97 Å². The number of ether oxygens (including phenoxy) is 1. The van der Waals surface area contributed by atoms with E-state index in [1.165, 1.54) is 12.1 Å². The third kappa shape index (κ3) is 4.94. The molecule has 7 nitrogen and oxygen atoms in total. The van der Waals surface area contributed by atoms with E-state index in [4.69, 9.17) is 17.3 Å². The number of nitrogens with one attached hydrogen (secondary N) is 1. The molecule has 2 aromatic rings. The Morgan fingerprint density at radius 2 is 2.28 bits per heavy atom. The van der Waals surface area contributed by atoms with E-state index < -0.39 is 69.2 Å². The highest BCUT2D eigenvalue weighted by Crippen LogP contribution is 2.37. The molecule has 0 unspecified atom stereocenters. The summed E-state index contributed by atoms with van der Waals surface area (Å²) >= 11 is 0. The molecule has 25 heavy (non-hydrogen) atoms. The van der Waals surface area contributed by atoms with Crippen LogP contribution in [0.1, 0.15) is 36.9 Å². The van der Waals surface area contributed by atoms with Gasteiger partial charge in [-0.1, -0.05) is 31.5 Å². The monoisotopic (exact) mass is 373 g/mol. The number of sulfonamides is 1. The maximum absolute atomic E-state index is 12.7. The summed E-state index contributed by atoms with van der Waals surface area (Å²) in [6.07, 6.45) is -3.39. The lowest BCUT2D eigenvalue weighted by atomic mass is 10.1. The lowest BCUT2D eigenvalue weighted by molar-refractivity contribution is 0.0696. The molecule has 0 spiro atoms. The molecule has 134 valence electrons. The highest BCUT2D eigenvalue weighted by atomic mass is 32.2. The predicted octanol–water partition coefficient (Wildman–Crippen LogP) is 3.04. The van der Waals surface area contributed by atoms with Gasteiger partial charge in [-0.05, 0) is 30.6 Å². The number of carbonyl (C=O) groups is 1. The molecule has 2 aromatic carbocycles. The van der Waals surface area contributed by atoms with Crippen molar-refractivity contribution >= 4 is 21.7 Å². The second kappa shape index (κ2) is 8.00. The fourth-order valence-corrected chi connectivity index (χ4v) is 2.58. The molecule has 4 N–H and O–H groups in total. The number of carboxylic acid groups (broad SMARTS) is 1. The molecule has 0 atom stereocenters. The molecule has 0 aliphatic heterocycles. The van der Waals surface area contributed by atoms with Crippen LogP contribution in [0.3, 0.4) is 0 Å².